The zero-order chi connectivity index (χ0) is 12.5. The third kappa shape index (κ3) is 2.10. The van der Waals surface area contributed by atoms with Crippen LogP contribution >= 0.6 is 15.9 Å². The molecule has 2 aromatic rings. The minimum atomic E-state index is 0.168. The van der Waals surface area contributed by atoms with Crippen molar-refractivity contribution in [1.29, 1.82) is 0 Å². The lowest BCUT2D eigenvalue weighted by atomic mass is 10.3. The lowest BCUT2D eigenvalue weighted by Gasteiger charge is -2.12. The summed E-state index contributed by atoms with van der Waals surface area (Å²) in [6, 6.07) is 2.07. The summed E-state index contributed by atoms with van der Waals surface area (Å²) in [5, 5.41) is 11.9. The Labute approximate surface area is 114 Å². The number of furan rings is 1. The first-order valence-corrected chi connectivity index (χ1v) is 6.92. The molecule has 96 valence electrons. The van der Waals surface area contributed by atoms with Crippen molar-refractivity contribution in [3.05, 3.63) is 34.2 Å². The zero-order valence-electron chi connectivity index (χ0n) is 10.2. The smallest absolute Gasteiger partial charge is 0.149 e. The van der Waals surface area contributed by atoms with E-state index in [4.69, 9.17) is 4.42 Å². The van der Waals surface area contributed by atoms with Crippen LogP contribution in [0.2, 0.25) is 0 Å². The number of hydrogen-bond donors (Lipinski definition) is 1. The first-order valence-electron chi connectivity index (χ1n) is 6.13. The molecule has 0 saturated carbocycles. The molecule has 0 saturated heterocycles. The second-order valence-corrected chi connectivity index (χ2v) is 5.38. The topological polar surface area (TPSA) is 55.9 Å². The minimum absolute atomic E-state index is 0.168. The SMILES string of the molecule is CC(NCc1occc1Br)c1nnc2n1CCC2. The van der Waals surface area contributed by atoms with Gasteiger partial charge in [0.2, 0.25) is 0 Å². The highest BCUT2D eigenvalue weighted by atomic mass is 79.9. The van der Waals surface area contributed by atoms with Crippen LogP contribution in [0.1, 0.15) is 36.8 Å². The van der Waals surface area contributed by atoms with Crippen molar-refractivity contribution in [2.45, 2.75) is 38.9 Å². The van der Waals surface area contributed by atoms with Gasteiger partial charge in [0.25, 0.3) is 0 Å². The fourth-order valence-electron chi connectivity index (χ4n) is 2.28. The van der Waals surface area contributed by atoms with Crippen molar-refractivity contribution in [2.24, 2.45) is 0 Å². The first kappa shape index (κ1) is 11.9. The summed E-state index contributed by atoms with van der Waals surface area (Å²) in [6.07, 6.45) is 3.90. The standard InChI is InChI=1S/C12H15BrN4O/c1-8(14-7-10-9(13)4-6-18-10)12-16-15-11-3-2-5-17(11)12/h4,6,8,14H,2-3,5,7H2,1H3. The highest BCUT2D eigenvalue weighted by Gasteiger charge is 2.21. The molecule has 0 fully saturated rings. The molecule has 18 heavy (non-hydrogen) atoms. The van der Waals surface area contributed by atoms with Crippen molar-refractivity contribution >= 4 is 15.9 Å². The summed E-state index contributed by atoms with van der Waals surface area (Å²) >= 11 is 3.45. The van der Waals surface area contributed by atoms with Crippen LogP contribution < -0.4 is 5.32 Å². The molecule has 1 aliphatic heterocycles. The van der Waals surface area contributed by atoms with Crippen molar-refractivity contribution in [3.63, 3.8) is 0 Å². The van der Waals surface area contributed by atoms with Gasteiger partial charge in [0.1, 0.15) is 17.4 Å². The normalized spacial score (nSPS) is 15.9. The number of rotatable bonds is 4. The number of nitrogens with one attached hydrogen (secondary N) is 1. The second-order valence-electron chi connectivity index (χ2n) is 4.52. The molecule has 5 nitrogen and oxygen atoms in total. The summed E-state index contributed by atoms with van der Waals surface area (Å²) in [4.78, 5) is 0. The van der Waals surface area contributed by atoms with E-state index in [9.17, 15) is 0 Å². The van der Waals surface area contributed by atoms with Crippen molar-refractivity contribution < 1.29 is 4.42 Å². The fourth-order valence-corrected chi connectivity index (χ4v) is 2.62. The number of fused-ring (bicyclic) bond motifs is 1. The summed E-state index contributed by atoms with van der Waals surface area (Å²) in [5.41, 5.74) is 0. The fraction of sp³-hybridized carbons (Fsp3) is 0.500. The van der Waals surface area contributed by atoms with Gasteiger partial charge >= 0.3 is 0 Å². The number of hydrogen-bond acceptors (Lipinski definition) is 4. The lowest BCUT2D eigenvalue weighted by molar-refractivity contribution is 0.444. The summed E-state index contributed by atoms with van der Waals surface area (Å²) < 4.78 is 8.58. The van der Waals surface area contributed by atoms with Crippen LogP contribution in [0.15, 0.2) is 21.2 Å². The maximum absolute atomic E-state index is 5.37. The van der Waals surface area contributed by atoms with E-state index < -0.39 is 0 Å². The molecule has 2 aromatic heterocycles. The third-order valence-corrected chi connectivity index (χ3v) is 3.99. The van der Waals surface area contributed by atoms with Gasteiger partial charge in [-0.3, -0.25) is 0 Å². The van der Waals surface area contributed by atoms with Gasteiger partial charge in [-0.2, -0.15) is 0 Å². The van der Waals surface area contributed by atoms with Crippen LogP contribution in [-0.2, 0) is 19.5 Å². The molecule has 0 bridgehead atoms. The van der Waals surface area contributed by atoms with Gasteiger partial charge in [-0.1, -0.05) is 0 Å². The molecule has 1 N–H and O–H groups in total. The van der Waals surface area contributed by atoms with Crippen LogP contribution in [0.25, 0.3) is 0 Å². The average Bonchev–Trinajstić information content (AvgIpc) is 3.01. The third-order valence-electron chi connectivity index (χ3n) is 3.29. The molecule has 1 unspecified atom stereocenters. The molecule has 0 radical (unpaired) electrons. The quantitative estimate of drug-likeness (QED) is 0.942. The van der Waals surface area contributed by atoms with Crippen LogP contribution in [-0.4, -0.2) is 14.8 Å². The Balaban J connectivity index is 1.68. The van der Waals surface area contributed by atoms with Crippen molar-refractivity contribution in [3.8, 4) is 0 Å². The Bertz CT molecular complexity index is 548. The van der Waals surface area contributed by atoms with Gasteiger partial charge in [-0.05, 0) is 35.3 Å². The molecule has 1 atom stereocenters. The van der Waals surface area contributed by atoms with E-state index >= 15 is 0 Å². The van der Waals surface area contributed by atoms with E-state index in [1.54, 1.807) is 6.26 Å². The molecule has 0 spiro atoms. The molecule has 0 aromatic carbocycles. The summed E-state index contributed by atoms with van der Waals surface area (Å²) in [7, 11) is 0. The van der Waals surface area contributed by atoms with Crippen LogP contribution in [0.3, 0.4) is 0 Å². The monoisotopic (exact) mass is 310 g/mol. The van der Waals surface area contributed by atoms with Gasteiger partial charge in [-0.25, -0.2) is 0 Å². The Morgan fingerprint density at radius 1 is 1.56 bits per heavy atom. The second kappa shape index (κ2) is 4.85. The van der Waals surface area contributed by atoms with E-state index in [0.717, 1.165) is 34.8 Å². The predicted molar refractivity (Wildman–Crippen MR) is 70.0 cm³/mol. The van der Waals surface area contributed by atoms with E-state index in [1.165, 1.54) is 6.42 Å². The summed E-state index contributed by atoms with van der Waals surface area (Å²) in [5.74, 6) is 3.03. The van der Waals surface area contributed by atoms with Gasteiger partial charge in [0, 0.05) is 13.0 Å². The maximum atomic E-state index is 5.37. The number of aryl methyl sites for hydroxylation is 1. The highest BCUT2D eigenvalue weighted by molar-refractivity contribution is 9.10. The van der Waals surface area contributed by atoms with Gasteiger partial charge < -0.3 is 14.3 Å². The average molecular weight is 311 g/mol. The van der Waals surface area contributed by atoms with Crippen LogP contribution in [0, 0.1) is 0 Å². The van der Waals surface area contributed by atoms with Crippen molar-refractivity contribution in [1.82, 2.24) is 20.1 Å². The highest BCUT2D eigenvalue weighted by Crippen LogP contribution is 2.21. The molecular formula is C12H15BrN4O. The largest absolute Gasteiger partial charge is 0.467 e. The Morgan fingerprint density at radius 2 is 2.44 bits per heavy atom. The Hall–Kier alpha value is -1.14. The van der Waals surface area contributed by atoms with Crippen molar-refractivity contribution in [2.75, 3.05) is 0 Å². The van der Waals surface area contributed by atoms with E-state index in [0.29, 0.717) is 6.54 Å². The number of nitrogens with zero attached hydrogens (tertiary/aromatic N) is 3. The summed E-state index contributed by atoms with van der Waals surface area (Å²) in [6.45, 7) is 3.82. The first-order chi connectivity index (χ1) is 8.75. The van der Waals surface area contributed by atoms with Gasteiger partial charge in [-0.15, -0.1) is 10.2 Å². The van der Waals surface area contributed by atoms with Gasteiger partial charge in [0.05, 0.1) is 23.3 Å². The predicted octanol–water partition coefficient (Wildman–Crippen LogP) is 2.43. The van der Waals surface area contributed by atoms with E-state index in [-0.39, 0.29) is 6.04 Å². The van der Waals surface area contributed by atoms with Crippen LogP contribution in [0.5, 0.6) is 0 Å². The molecule has 6 heteroatoms. The van der Waals surface area contributed by atoms with Gasteiger partial charge in [0.15, 0.2) is 0 Å². The molecule has 3 heterocycles. The van der Waals surface area contributed by atoms with E-state index in [1.807, 2.05) is 6.07 Å². The van der Waals surface area contributed by atoms with Crippen LogP contribution in [0.4, 0.5) is 0 Å². The number of halogens is 1. The Kier molecular flexibility index (Phi) is 3.22. The molecule has 1 aliphatic rings. The van der Waals surface area contributed by atoms with E-state index in [2.05, 4.69) is 42.9 Å². The minimum Gasteiger partial charge on any atom is -0.467 e. The maximum Gasteiger partial charge on any atom is 0.149 e. The Morgan fingerprint density at radius 3 is 3.22 bits per heavy atom. The molecular weight excluding hydrogens is 296 g/mol. The lowest BCUT2D eigenvalue weighted by Crippen LogP contribution is -2.21. The molecule has 0 aliphatic carbocycles. The zero-order valence-corrected chi connectivity index (χ0v) is 11.8. The molecule has 0 amide bonds. The molecule has 3 rings (SSSR count). The number of aromatic nitrogens is 3.